The number of hydrogen-bond acceptors (Lipinski definition) is 4. The molecule has 1 atom stereocenters. The van der Waals surface area contributed by atoms with Gasteiger partial charge >= 0.3 is 0 Å². The molecule has 0 aliphatic carbocycles. The normalized spacial score (nSPS) is 17.6. The van der Waals surface area contributed by atoms with Crippen LogP contribution >= 0.6 is 11.6 Å². The van der Waals surface area contributed by atoms with Crippen molar-refractivity contribution in [2.45, 2.75) is 32.2 Å². The lowest BCUT2D eigenvalue weighted by atomic mass is 10.1. The van der Waals surface area contributed by atoms with Gasteiger partial charge in [0, 0.05) is 19.0 Å². The molecule has 1 aliphatic heterocycles. The van der Waals surface area contributed by atoms with E-state index in [1.165, 1.54) is 0 Å². The minimum Gasteiger partial charge on any atom is -0.352 e. The van der Waals surface area contributed by atoms with Crippen molar-refractivity contribution in [2.75, 3.05) is 19.6 Å². The number of carbonyl (C=O) groups excluding carboxylic acids is 3. The maximum atomic E-state index is 12.0. The van der Waals surface area contributed by atoms with Crippen LogP contribution < -0.4 is 16.2 Å². The predicted molar refractivity (Wildman–Crippen MR) is 95.0 cm³/mol. The van der Waals surface area contributed by atoms with Crippen molar-refractivity contribution in [3.8, 4) is 0 Å². The van der Waals surface area contributed by atoms with Crippen LogP contribution in [0, 0.1) is 0 Å². The first-order chi connectivity index (χ1) is 12.0. The van der Waals surface area contributed by atoms with Gasteiger partial charge in [-0.05, 0) is 31.5 Å². The van der Waals surface area contributed by atoms with Crippen LogP contribution in [0.2, 0.25) is 5.02 Å². The Kier molecular flexibility index (Phi) is 7.21. The number of piperidine rings is 1. The highest BCUT2D eigenvalue weighted by molar-refractivity contribution is 6.33. The second kappa shape index (κ2) is 9.39. The van der Waals surface area contributed by atoms with E-state index in [1.54, 1.807) is 24.3 Å². The molecule has 0 spiro atoms. The number of carbonyl (C=O) groups is 3. The summed E-state index contributed by atoms with van der Waals surface area (Å²) in [5, 5.41) is 3.27. The summed E-state index contributed by atoms with van der Waals surface area (Å²) in [7, 11) is 0. The molecular formula is C17H23ClN4O3. The van der Waals surface area contributed by atoms with E-state index >= 15 is 0 Å². The zero-order chi connectivity index (χ0) is 18.2. The number of benzene rings is 1. The van der Waals surface area contributed by atoms with Gasteiger partial charge in [-0.1, -0.05) is 30.7 Å². The third-order valence-corrected chi connectivity index (χ3v) is 4.32. The number of rotatable bonds is 5. The molecule has 136 valence electrons. The van der Waals surface area contributed by atoms with Crippen molar-refractivity contribution in [1.82, 2.24) is 21.1 Å². The van der Waals surface area contributed by atoms with E-state index in [2.05, 4.69) is 16.2 Å². The summed E-state index contributed by atoms with van der Waals surface area (Å²) in [6.07, 6.45) is 2.27. The summed E-state index contributed by atoms with van der Waals surface area (Å²) in [6, 6.07) is 6.67. The van der Waals surface area contributed by atoms with Gasteiger partial charge in [0.05, 0.1) is 17.1 Å². The van der Waals surface area contributed by atoms with Crippen LogP contribution in [0.5, 0.6) is 0 Å². The van der Waals surface area contributed by atoms with Crippen molar-refractivity contribution in [1.29, 1.82) is 0 Å². The molecule has 8 heteroatoms. The third-order valence-electron chi connectivity index (χ3n) is 3.99. The summed E-state index contributed by atoms with van der Waals surface area (Å²) in [6.45, 7) is 3.37. The van der Waals surface area contributed by atoms with Gasteiger partial charge in [-0.2, -0.15) is 0 Å². The molecule has 25 heavy (non-hydrogen) atoms. The zero-order valence-electron chi connectivity index (χ0n) is 14.2. The second-order valence-corrected chi connectivity index (χ2v) is 6.38. The molecule has 0 saturated carbocycles. The van der Waals surface area contributed by atoms with E-state index in [-0.39, 0.29) is 24.4 Å². The molecule has 1 aliphatic rings. The smallest absolute Gasteiger partial charge is 0.271 e. The largest absolute Gasteiger partial charge is 0.352 e. The average molecular weight is 367 g/mol. The van der Waals surface area contributed by atoms with Crippen LogP contribution in [0.25, 0.3) is 0 Å². The number of halogens is 1. The van der Waals surface area contributed by atoms with Gasteiger partial charge in [-0.15, -0.1) is 0 Å². The fraction of sp³-hybridized carbons (Fsp3) is 0.471. The minimum atomic E-state index is -0.467. The van der Waals surface area contributed by atoms with Crippen LogP contribution in [-0.2, 0) is 9.59 Å². The molecule has 1 aromatic carbocycles. The molecule has 1 heterocycles. The molecule has 0 aromatic heterocycles. The second-order valence-electron chi connectivity index (χ2n) is 5.98. The lowest BCUT2D eigenvalue weighted by Crippen LogP contribution is -2.52. The van der Waals surface area contributed by atoms with E-state index in [4.69, 9.17) is 11.6 Å². The molecule has 1 saturated heterocycles. The lowest BCUT2D eigenvalue weighted by molar-refractivity contribution is -0.123. The topological polar surface area (TPSA) is 90.5 Å². The molecular weight excluding hydrogens is 344 g/mol. The fourth-order valence-electron chi connectivity index (χ4n) is 2.73. The molecule has 3 N–H and O–H groups in total. The Morgan fingerprint density at radius 1 is 1.20 bits per heavy atom. The average Bonchev–Trinajstić information content (AvgIpc) is 2.60. The standard InChI is InChI=1S/C17H23ClN4O3/c1-2-15(23)19-12-6-5-9-22(10-12)11-16(24)20-21-17(25)13-7-3-4-8-14(13)18/h3-4,7-8,12H,2,5-6,9-11H2,1H3,(H,19,23)(H,20,24)(H,21,25). The number of nitrogens with one attached hydrogen (secondary N) is 3. The fourth-order valence-corrected chi connectivity index (χ4v) is 2.95. The van der Waals surface area contributed by atoms with E-state index in [0.717, 1.165) is 19.4 Å². The molecule has 1 fully saturated rings. The Morgan fingerprint density at radius 2 is 1.96 bits per heavy atom. The SMILES string of the molecule is CCC(=O)NC1CCCN(CC(=O)NNC(=O)c2ccccc2Cl)C1. The Balaban J connectivity index is 1.77. The van der Waals surface area contributed by atoms with Gasteiger partial charge in [0.15, 0.2) is 0 Å². The first-order valence-electron chi connectivity index (χ1n) is 8.35. The third kappa shape index (κ3) is 6.03. The maximum absolute atomic E-state index is 12.0. The predicted octanol–water partition coefficient (Wildman–Crippen LogP) is 1.09. The Bertz CT molecular complexity index is 638. The molecule has 7 nitrogen and oxygen atoms in total. The van der Waals surface area contributed by atoms with Crippen LogP contribution in [-0.4, -0.2) is 48.3 Å². The van der Waals surface area contributed by atoms with Gasteiger partial charge in [0.25, 0.3) is 11.8 Å². The van der Waals surface area contributed by atoms with E-state index in [0.29, 0.717) is 23.6 Å². The summed E-state index contributed by atoms with van der Waals surface area (Å²) < 4.78 is 0. The van der Waals surface area contributed by atoms with Gasteiger partial charge < -0.3 is 5.32 Å². The van der Waals surface area contributed by atoms with Crippen molar-refractivity contribution < 1.29 is 14.4 Å². The van der Waals surface area contributed by atoms with Crippen LogP contribution in [0.15, 0.2) is 24.3 Å². The van der Waals surface area contributed by atoms with Crippen LogP contribution in [0.3, 0.4) is 0 Å². The molecule has 1 aromatic rings. The number of amides is 3. The number of hydrogen-bond donors (Lipinski definition) is 3. The van der Waals surface area contributed by atoms with Crippen molar-refractivity contribution in [3.05, 3.63) is 34.9 Å². The quantitative estimate of drug-likeness (QED) is 0.680. The van der Waals surface area contributed by atoms with Crippen LogP contribution in [0.4, 0.5) is 0 Å². The number of likely N-dealkylation sites (tertiary alicyclic amines) is 1. The highest BCUT2D eigenvalue weighted by Crippen LogP contribution is 2.14. The molecule has 1 unspecified atom stereocenters. The van der Waals surface area contributed by atoms with Crippen molar-refractivity contribution in [2.24, 2.45) is 0 Å². The lowest BCUT2D eigenvalue weighted by Gasteiger charge is -2.32. The van der Waals surface area contributed by atoms with Crippen molar-refractivity contribution >= 4 is 29.3 Å². The highest BCUT2D eigenvalue weighted by atomic mass is 35.5. The first kappa shape index (κ1) is 19.2. The van der Waals surface area contributed by atoms with Gasteiger partial charge in [0.2, 0.25) is 5.91 Å². The molecule has 0 bridgehead atoms. The summed E-state index contributed by atoms with van der Waals surface area (Å²) in [4.78, 5) is 37.5. The van der Waals surface area contributed by atoms with Crippen molar-refractivity contribution in [3.63, 3.8) is 0 Å². The molecule has 0 radical (unpaired) electrons. The van der Waals surface area contributed by atoms with Gasteiger partial charge in [-0.3, -0.25) is 30.1 Å². The van der Waals surface area contributed by atoms with Crippen LogP contribution in [0.1, 0.15) is 36.5 Å². The Hall–Kier alpha value is -2.12. The van der Waals surface area contributed by atoms with E-state index in [1.807, 2.05) is 11.8 Å². The van der Waals surface area contributed by atoms with E-state index < -0.39 is 5.91 Å². The highest BCUT2D eigenvalue weighted by Gasteiger charge is 2.22. The minimum absolute atomic E-state index is 0.0169. The zero-order valence-corrected chi connectivity index (χ0v) is 14.9. The molecule has 3 amide bonds. The Labute approximate surface area is 152 Å². The first-order valence-corrected chi connectivity index (χ1v) is 8.72. The number of nitrogens with zero attached hydrogens (tertiary/aromatic N) is 1. The monoisotopic (exact) mass is 366 g/mol. The van der Waals surface area contributed by atoms with Gasteiger partial charge in [-0.25, -0.2) is 0 Å². The molecule has 2 rings (SSSR count). The summed E-state index contributed by atoms with van der Waals surface area (Å²) >= 11 is 5.94. The maximum Gasteiger partial charge on any atom is 0.271 e. The number of hydrazine groups is 1. The van der Waals surface area contributed by atoms with Gasteiger partial charge in [0.1, 0.15) is 0 Å². The summed E-state index contributed by atoms with van der Waals surface area (Å²) in [5.41, 5.74) is 5.05. The van der Waals surface area contributed by atoms with E-state index in [9.17, 15) is 14.4 Å². The summed E-state index contributed by atoms with van der Waals surface area (Å²) in [5.74, 6) is -0.767. The Morgan fingerprint density at radius 3 is 2.68 bits per heavy atom.